The number of aryl methyl sites for hydroxylation is 2. The van der Waals surface area contributed by atoms with Crippen LogP contribution in [0.25, 0.3) is 0 Å². The zero-order valence-corrected chi connectivity index (χ0v) is 14.4. The Bertz CT molecular complexity index is 447. The molecule has 0 heterocycles. The third kappa shape index (κ3) is 3.58. The molecule has 0 amide bonds. The van der Waals surface area contributed by atoms with Crippen LogP contribution in [0.5, 0.6) is 0 Å². The van der Waals surface area contributed by atoms with Crippen molar-refractivity contribution in [1.82, 2.24) is 0 Å². The second kappa shape index (κ2) is 6.10. The number of rotatable bonds is 2. The van der Waals surface area contributed by atoms with Gasteiger partial charge in [-0.15, -0.1) is 11.6 Å². The molecule has 1 aliphatic carbocycles. The fourth-order valence-corrected chi connectivity index (χ4v) is 3.87. The molecule has 0 radical (unpaired) electrons. The van der Waals surface area contributed by atoms with Gasteiger partial charge in [0.25, 0.3) is 0 Å². The van der Waals surface area contributed by atoms with E-state index in [9.17, 15) is 0 Å². The lowest BCUT2D eigenvalue weighted by Crippen LogP contribution is -2.27. The summed E-state index contributed by atoms with van der Waals surface area (Å²) in [6.45, 7) is 11.5. The van der Waals surface area contributed by atoms with Crippen LogP contribution in [0.15, 0.2) is 18.2 Å². The van der Waals surface area contributed by atoms with Crippen molar-refractivity contribution < 1.29 is 0 Å². The van der Waals surface area contributed by atoms with Crippen LogP contribution in [0.2, 0.25) is 0 Å². The summed E-state index contributed by atoms with van der Waals surface area (Å²) in [6, 6.07) is 6.71. The molecule has 20 heavy (non-hydrogen) atoms. The minimum absolute atomic E-state index is 0.190. The van der Waals surface area contributed by atoms with Crippen molar-refractivity contribution >= 4 is 11.6 Å². The highest BCUT2D eigenvalue weighted by Crippen LogP contribution is 2.45. The van der Waals surface area contributed by atoms with E-state index < -0.39 is 0 Å². The molecule has 1 aliphatic rings. The van der Waals surface area contributed by atoms with Gasteiger partial charge in [-0.2, -0.15) is 0 Å². The predicted octanol–water partition coefficient (Wildman–Crippen LogP) is 6.44. The van der Waals surface area contributed by atoms with Crippen molar-refractivity contribution in [3.05, 3.63) is 34.9 Å². The van der Waals surface area contributed by atoms with Crippen molar-refractivity contribution in [2.24, 2.45) is 17.3 Å². The summed E-state index contributed by atoms with van der Waals surface area (Å²) >= 11 is 6.77. The molecule has 2 rings (SSSR count). The minimum atomic E-state index is 0.190. The molecule has 0 aliphatic heterocycles. The van der Waals surface area contributed by atoms with Crippen LogP contribution in [0.3, 0.4) is 0 Å². The monoisotopic (exact) mass is 292 g/mol. The van der Waals surface area contributed by atoms with Gasteiger partial charge < -0.3 is 0 Å². The summed E-state index contributed by atoms with van der Waals surface area (Å²) in [7, 11) is 0. The number of hydrogen-bond donors (Lipinski definition) is 0. The first-order valence-corrected chi connectivity index (χ1v) is 8.44. The van der Waals surface area contributed by atoms with E-state index in [4.69, 9.17) is 11.6 Å². The van der Waals surface area contributed by atoms with Gasteiger partial charge >= 0.3 is 0 Å². The van der Waals surface area contributed by atoms with Crippen LogP contribution in [0, 0.1) is 31.1 Å². The van der Waals surface area contributed by atoms with E-state index in [1.165, 1.54) is 42.4 Å². The lowest BCUT2D eigenvalue weighted by Gasteiger charge is -2.38. The Labute approximate surface area is 129 Å². The van der Waals surface area contributed by atoms with Gasteiger partial charge in [0.2, 0.25) is 0 Å². The topological polar surface area (TPSA) is 0 Å². The first kappa shape index (κ1) is 15.9. The molecule has 1 fully saturated rings. The number of hydrogen-bond acceptors (Lipinski definition) is 0. The average molecular weight is 293 g/mol. The zero-order chi connectivity index (χ0) is 14.9. The lowest BCUT2D eigenvalue weighted by molar-refractivity contribution is 0.148. The highest BCUT2D eigenvalue weighted by Gasteiger charge is 2.32. The molecule has 1 aromatic carbocycles. The predicted molar refractivity (Wildman–Crippen MR) is 89.4 cm³/mol. The van der Waals surface area contributed by atoms with Crippen LogP contribution < -0.4 is 0 Å². The van der Waals surface area contributed by atoms with Gasteiger partial charge in [-0.3, -0.25) is 0 Å². The van der Waals surface area contributed by atoms with Crippen LogP contribution >= 0.6 is 11.6 Å². The molecule has 1 atom stereocenters. The second-order valence-corrected chi connectivity index (χ2v) is 8.19. The highest BCUT2D eigenvalue weighted by atomic mass is 35.5. The average Bonchev–Trinajstić information content (AvgIpc) is 2.40. The Morgan fingerprint density at radius 1 is 1.00 bits per heavy atom. The molecule has 1 heteroatoms. The SMILES string of the molecule is Cc1ccc(C(Cl)C2CCC(C(C)(C)C)CC2)cc1C. The molecule has 112 valence electrons. The fraction of sp³-hybridized carbons (Fsp3) is 0.684. The Morgan fingerprint density at radius 2 is 1.60 bits per heavy atom. The Hall–Kier alpha value is -0.490. The summed E-state index contributed by atoms with van der Waals surface area (Å²) in [6.07, 6.45) is 5.23. The molecule has 1 unspecified atom stereocenters. The van der Waals surface area contributed by atoms with Crippen molar-refractivity contribution in [2.45, 2.75) is 65.7 Å². The maximum Gasteiger partial charge on any atom is 0.0613 e. The molecule has 1 saturated carbocycles. The molecular weight excluding hydrogens is 264 g/mol. The number of benzene rings is 1. The van der Waals surface area contributed by atoms with Crippen molar-refractivity contribution in [2.75, 3.05) is 0 Å². The molecule has 0 bridgehead atoms. The van der Waals surface area contributed by atoms with Crippen LogP contribution in [0.1, 0.15) is 68.5 Å². The van der Waals surface area contributed by atoms with Crippen LogP contribution in [-0.4, -0.2) is 0 Å². The summed E-state index contributed by atoms with van der Waals surface area (Å²) in [5.41, 5.74) is 4.48. The smallest absolute Gasteiger partial charge is 0.0613 e. The second-order valence-electron chi connectivity index (χ2n) is 7.72. The molecule has 0 spiro atoms. The molecule has 0 N–H and O–H groups in total. The molecule has 1 aromatic rings. The van der Waals surface area contributed by atoms with Gasteiger partial charge in [-0.1, -0.05) is 39.0 Å². The maximum atomic E-state index is 6.77. The number of halogens is 1. The quantitative estimate of drug-likeness (QED) is 0.551. The van der Waals surface area contributed by atoms with Crippen LogP contribution in [0.4, 0.5) is 0 Å². The van der Waals surface area contributed by atoms with E-state index in [1.807, 2.05) is 0 Å². The minimum Gasteiger partial charge on any atom is -0.118 e. The zero-order valence-electron chi connectivity index (χ0n) is 13.7. The standard InChI is InChI=1S/C19H29Cl/c1-13-6-7-16(12-14(13)2)18(20)15-8-10-17(11-9-15)19(3,4)5/h6-7,12,15,17-18H,8-11H2,1-5H3. The highest BCUT2D eigenvalue weighted by molar-refractivity contribution is 6.21. The summed E-state index contributed by atoms with van der Waals surface area (Å²) in [5, 5.41) is 0.190. The first-order valence-electron chi connectivity index (χ1n) is 8.00. The van der Waals surface area contributed by atoms with Gasteiger partial charge in [0.05, 0.1) is 5.38 Å². The summed E-state index contributed by atoms with van der Waals surface area (Å²) in [5.74, 6) is 1.51. The van der Waals surface area contributed by atoms with Gasteiger partial charge in [0.15, 0.2) is 0 Å². The molecule has 0 nitrogen and oxygen atoms in total. The van der Waals surface area contributed by atoms with Gasteiger partial charge in [-0.05, 0) is 73.5 Å². The number of alkyl halides is 1. The van der Waals surface area contributed by atoms with Gasteiger partial charge in [-0.25, -0.2) is 0 Å². The third-order valence-electron chi connectivity index (χ3n) is 5.26. The third-order valence-corrected chi connectivity index (χ3v) is 5.87. The van der Waals surface area contributed by atoms with Crippen molar-refractivity contribution in [1.29, 1.82) is 0 Å². The molecule has 0 aromatic heterocycles. The lowest BCUT2D eigenvalue weighted by atomic mass is 9.69. The first-order chi connectivity index (χ1) is 9.29. The Balaban J connectivity index is 2.01. The Kier molecular flexibility index (Phi) is 4.84. The molecular formula is C19H29Cl. The van der Waals surface area contributed by atoms with E-state index in [-0.39, 0.29) is 5.38 Å². The van der Waals surface area contributed by atoms with Gasteiger partial charge in [0.1, 0.15) is 0 Å². The molecule has 0 saturated heterocycles. The Morgan fingerprint density at radius 3 is 2.10 bits per heavy atom. The van der Waals surface area contributed by atoms with Crippen LogP contribution in [-0.2, 0) is 0 Å². The van der Waals surface area contributed by atoms with E-state index >= 15 is 0 Å². The maximum absolute atomic E-state index is 6.77. The normalized spacial score (nSPS) is 25.5. The van der Waals surface area contributed by atoms with E-state index in [1.54, 1.807) is 0 Å². The van der Waals surface area contributed by atoms with E-state index in [0.29, 0.717) is 11.3 Å². The van der Waals surface area contributed by atoms with E-state index in [0.717, 1.165) is 5.92 Å². The summed E-state index contributed by atoms with van der Waals surface area (Å²) in [4.78, 5) is 0. The fourth-order valence-electron chi connectivity index (χ4n) is 3.49. The van der Waals surface area contributed by atoms with E-state index in [2.05, 4.69) is 52.8 Å². The largest absolute Gasteiger partial charge is 0.118 e. The van der Waals surface area contributed by atoms with Crippen molar-refractivity contribution in [3.63, 3.8) is 0 Å². The summed E-state index contributed by atoms with van der Waals surface area (Å²) < 4.78 is 0. The van der Waals surface area contributed by atoms with Crippen molar-refractivity contribution in [3.8, 4) is 0 Å². The van der Waals surface area contributed by atoms with Gasteiger partial charge in [0, 0.05) is 0 Å².